The van der Waals surface area contributed by atoms with Gasteiger partial charge in [0.15, 0.2) is 0 Å². The lowest BCUT2D eigenvalue weighted by Gasteiger charge is -2.20. The van der Waals surface area contributed by atoms with Crippen molar-refractivity contribution >= 4 is 22.5 Å². The molecule has 0 unspecified atom stereocenters. The second-order valence-electron chi connectivity index (χ2n) is 9.91. The summed E-state index contributed by atoms with van der Waals surface area (Å²) in [5, 5.41) is 3.94. The van der Waals surface area contributed by atoms with Gasteiger partial charge in [0.25, 0.3) is 0 Å². The monoisotopic (exact) mass is 449 g/mol. The van der Waals surface area contributed by atoms with Crippen LogP contribution in [0.15, 0.2) is 24.4 Å². The van der Waals surface area contributed by atoms with Crippen molar-refractivity contribution in [1.82, 2.24) is 9.88 Å². The Hall–Kier alpha value is -2.22. The number of aromatic amines is 1. The molecule has 1 aromatic heterocycles. The summed E-state index contributed by atoms with van der Waals surface area (Å²) in [7, 11) is 0. The predicted octanol–water partition coefficient (Wildman–Crippen LogP) is 5.20. The highest BCUT2D eigenvalue weighted by molar-refractivity contribution is 6.02. The second kappa shape index (κ2) is 8.61. The van der Waals surface area contributed by atoms with Gasteiger partial charge in [-0.05, 0) is 74.0 Å². The number of nitrogens with one attached hydrogen (secondary N) is 2. The van der Waals surface area contributed by atoms with Crippen molar-refractivity contribution in [1.29, 1.82) is 0 Å². The lowest BCUT2D eigenvalue weighted by Crippen LogP contribution is -2.33. The number of aromatic nitrogens is 1. The summed E-state index contributed by atoms with van der Waals surface area (Å²) in [5.41, 5.74) is 1.73. The first-order valence-electron chi connectivity index (χ1n) is 11.7. The molecule has 3 fully saturated rings. The third-order valence-electron chi connectivity index (χ3n) is 7.22. The van der Waals surface area contributed by atoms with Crippen LogP contribution >= 0.6 is 0 Å². The quantitative estimate of drug-likeness (QED) is 0.583. The number of nitrogens with zero attached hydrogens (tertiary/aromatic N) is 1. The summed E-state index contributed by atoms with van der Waals surface area (Å²) < 4.78 is 43.9. The molecule has 5 rings (SSSR count). The van der Waals surface area contributed by atoms with Crippen LogP contribution < -0.4 is 10.1 Å². The molecule has 2 aromatic rings. The van der Waals surface area contributed by atoms with Crippen molar-refractivity contribution in [3.63, 3.8) is 0 Å². The number of rotatable bonds is 8. The summed E-state index contributed by atoms with van der Waals surface area (Å²) >= 11 is 0. The minimum Gasteiger partial charge on any atom is -0.494 e. The maximum Gasteiger partial charge on any atom is 0.401 e. The largest absolute Gasteiger partial charge is 0.494 e. The van der Waals surface area contributed by atoms with Crippen LogP contribution in [0.4, 0.5) is 18.9 Å². The van der Waals surface area contributed by atoms with Gasteiger partial charge in [-0.1, -0.05) is 0 Å². The molecule has 2 saturated carbocycles. The Kier molecular flexibility index (Phi) is 5.82. The summed E-state index contributed by atoms with van der Waals surface area (Å²) in [6, 6.07) is 5.83. The van der Waals surface area contributed by atoms with E-state index < -0.39 is 12.7 Å². The number of amides is 1. The van der Waals surface area contributed by atoms with Crippen LogP contribution in [-0.2, 0) is 4.79 Å². The van der Waals surface area contributed by atoms with Gasteiger partial charge in [-0.3, -0.25) is 9.69 Å². The van der Waals surface area contributed by atoms with Gasteiger partial charge in [0.1, 0.15) is 5.75 Å². The maximum absolute atomic E-state index is 12.6. The van der Waals surface area contributed by atoms with Crippen LogP contribution in [0.5, 0.6) is 5.75 Å². The topological polar surface area (TPSA) is 57.4 Å². The zero-order valence-electron chi connectivity index (χ0n) is 18.1. The van der Waals surface area contributed by atoms with Gasteiger partial charge in [0.2, 0.25) is 5.91 Å². The second-order valence-corrected chi connectivity index (χ2v) is 9.91. The molecular formula is C24H30F3N3O2. The highest BCUT2D eigenvalue weighted by Gasteiger charge is 2.43. The van der Waals surface area contributed by atoms with Crippen LogP contribution in [0.2, 0.25) is 0 Å². The van der Waals surface area contributed by atoms with Gasteiger partial charge in [0.05, 0.1) is 18.8 Å². The summed E-state index contributed by atoms with van der Waals surface area (Å²) in [6.45, 7) is 0.954. The maximum atomic E-state index is 12.6. The van der Waals surface area contributed by atoms with Crippen LogP contribution in [0.25, 0.3) is 10.9 Å². The van der Waals surface area contributed by atoms with E-state index in [1.54, 1.807) is 4.90 Å². The Labute approximate surface area is 185 Å². The van der Waals surface area contributed by atoms with E-state index in [4.69, 9.17) is 4.74 Å². The average Bonchev–Trinajstić information content (AvgIpc) is 3.14. The fourth-order valence-electron chi connectivity index (χ4n) is 5.56. The van der Waals surface area contributed by atoms with Gasteiger partial charge in [-0.15, -0.1) is 0 Å². The summed E-state index contributed by atoms with van der Waals surface area (Å²) in [5.74, 6) is 2.67. The third-order valence-corrected chi connectivity index (χ3v) is 7.22. The number of fused-ring (bicyclic) bond motifs is 2. The molecular weight excluding hydrogens is 419 g/mol. The molecule has 3 aliphatic rings. The molecule has 3 atom stereocenters. The molecule has 174 valence electrons. The van der Waals surface area contributed by atoms with E-state index in [1.807, 2.05) is 24.4 Å². The van der Waals surface area contributed by atoms with Crippen LogP contribution in [0.1, 0.15) is 38.5 Å². The molecule has 32 heavy (non-hydrogen) atoms. The minimum atomic E-state index is -4.10. The van der Waals surface area contributed by atoms with E-state index in [0.717, 1.165) is 54.4 Å². The highest BCUT2D eigenvalue weighted by atomic mass is 19.4. The molecule has 0 radical (unpaired) electrons. The molecule has 0 bridgehead atoms. The van der Waals surface area contributed by atoms with Crippen molar-refractivity contribution < 1.29 is 22.7 Å². The number of H-pyrrole nitrogens is 1. The predicted molar refractivity (Wildman–Crippen MR) is 117 cm³/mol. The molecule has 5 nitrogen and oxygen atoms in total. The summed E-state index contributed by atoms with van der Waals surface area (Å²) in [6.07, 6.45) is 3.50. The van der Waals surface area contributed by atoms with E-state index in [1.165, 1.54) is 0 Å². The minimum absolute atomic E-state index is 0.0558. The Morgan fingerprint density at radius 2 is 1.91 bits per heavy atom. The van der Waals surface area contributed by atoms with Crippen molar-refractivity contribution in [2.45, 2.75) is 44.7 Å². The zero-order valence-corrected chi connectivity index (χ0v) is 18.1. The Morgan fingerprint density at radius 3 is 2.59 bits per heavy atom. The summed E-state index contributed by atoms with van der Waals surface area (Å²) in [4.78, 5) is 16.9. The Morgan fingerprint density at radius 1 is 1.16 bits per heavy atom. The van der Waals surface area contributed by atoms with Crippen molar-refractivity contribution in [2.24, 2.45) is 23.7 Å². The van der Waals surface area contributed by atoms with E-state index in [0.29, 0.717) is 49.8 Å². The molecule has 2 aliphatic carbocycles. The van der Waals surface area contributed by atoms with Crippen molar-refractivity contribution in [2.75, 3.05) is 31.6 Å². The van der Waals surface area contributed by atoms with Crippen LogP contribution in [-0.4, -0.2) is 48.2 Å². The normalized spacial score (nSPS) is 25.9. The van der Waals surface area contributed by atoms with Crippen LogP contribution in [0.3, 0.4) is 0 Å². The van der Waals surface area contributed by atoms with Crippen molar-refractivity contribution in [3.8, 4) is 5.75 Å². The number of hydrogen-bond donors (Lipinski definition) is 2. The number of anilines is 1. The molecule has 1 amide bonds. The number of alkyl halides is 3. The smallest absolute Gasteiger partial charge is 0.401 e. The lowest BCUT2D eigenvalue weighted by molar-refractivity contribution is -0.144. The molecule has 2 N–H and O–H groups in total. The zero-order chi connectivity index (χ0) is 22.3. The standard InChI is InChI=1S/C24H30F3N3O2/c25-24(26,27)14-30-12-17-7-16(8-18(17)13-30)5-6-32-19-3-4-21-20(10-19)22(11-28-21)29-23(31)9-15-1-2-15/h3-4,10-11,15-18,28H,1-2,5-9,12-14H2,(H,29,31)/t16-,17-,18+. The number of carbonyl (C=O) groups excluding carboxylic acids is 1. The highest BCUT2D eigenvalue weighted by Crippen LogP contribution is 2.43. The van der Waals surface area contributed by atoms with E-state index in [9.17, 15) is 18.0 Å². The fraction of sp³-hybridized carbons (Fsp3) is 0.625. The number of carbonyl (C=O) groups is 1. The molecule has 1 aromatic carbocycles. The van der Waals surface area contributed by atoms with Gasteiger partial charge in [0, 0.05) is 36.6 Å². The van der Waals surface area contributed by atoms with E-state index >= 15 is 0 Å². The van der Waals surface area contributed by atoms with Crippen LogP contribution in [0, 0.1) is 23.7 Å². The number of ether oxygens (including phenoxy) is 1. The lowest BCUT2D eigenvalue weighted by atomic mass is 10.0. The molecule has 1 saturated heterocycles. The number of likely N-dealkylation sites (tertiary alicyclic amines) is 1. The number of benzene rings is 1. The van der Waals surface area contributed by atoms with Gasteiger partial charge < -0.3 is 15.0 Å². The molecule has 1 aliphatic heterocycles. The van der Waals surface area contributed by atoms with Gasteiger partial charge >= 0.3 is 6.18 Å². The first-order valence-corrected chi connectivity index (χ1v) is 11.7. The SMILES string of the molecule is O=C(CC1CC1)Nc1c[nH]c2ccc(OCC[C@@H]3C[C@@H]4CN(CC(F)(F)F)C[C@@H]4C3)cc12. The Bertz CT molecular complexity index is 955. The fourth-order valence-corrected chi connectivity index (χ4v) is 5.56. The number of halogens is 3. The Balaban J connectivity index is 1.10. The molecule has 8 heteroatoms. The number of hydrogen-bond acceptors (Lipinski definition) is 3. The van der Waals surface area contributed by atoms with Gasteiger partial charge in [-0.2, -0.15) is 13.2 Å². The van der Waals surface area contributed by atoms with Crippen molar-refractivity contribution in [3.05, 3.63) is 24.4 Å². The molecule has 2 heterocycles. The first kappa shape index (κ1) is 21.6. The van der Waals surface area contributed by atoms with Gasteiger partial charge in [-0.25, -0.2) is 0 Å². The van der Waals surface area contributed by atoms with E-state index in [-0.39, 0.29) is 5.91 Å². The van der Waals surface area contributed by atoms with E-state index in [2.05, 4.69) is 10.3 Å². The molecule has 0 spiro atoms. The average molecular weight is 450 g/mol. The first-order chi connectivity index (χ1) is 15.3. The third kappa shape index (κ3) is 5.22.